The number of benzene rings is 2. The minimum Gasteiger partial charge on any atom is -0.355 e. The normalized spacial score (nSPS) is 10.3. The molecule has 0 bridgehead atoms. The van der Waals surface area contributed by atoms with Crippen LogP contribution in [0.3, 0.4) is 0 Å². The van der Waals surface area contributed by atoms with Gasteiger partial charge in [-0.25, -0.2) is 4.39 Å². The first kappa shape index (κ1) is 17.0. The number of amides is 1. The summed E-state index contributed by atoms with van der Waals surface area (Å²) in [6.45, 7) is 0.434. The Hall–Kier alpha value is -2.41. The van der Waals surface area contributed by atoms with Gasteiger partial charge in [-0.2, -0.15) is 0 Å². The van der Waals surface area contributed by atoms with Gasteiger partial charge in [-0.05, 0) is 36.2 Å². The van der Waals surface area contributed by atoms with Crippen LogP contribution in [0.5, 0.6) is 0 Å². The van der Waals surface area contributed by atoms with Crippen molar-refractivity contribution < 1.29 is 14.1 Å². The number of nitro groups is 1. The van der Waals surface area contributed by atoms with E-state index < -0.39 is 4.92 Å². The molecule has 0 saturated heterocycles. The van der Waals surface area contributed by atoms with E-state index >= 15 is 0 Å². The number of carbonyl (C=O) groups is 1. The number of nitrogens with zero attached hydrogens (tertiary/aromatic N) is 1. The lowest BCUT2D eigenvalue weighted by Gasteiger charge is -2.05. The summed E-state index contributed by atoms with van der Waals surface area (Å²) in [6.07, 6.45) is 0.561. The quantitative estimate of drug-likeness (QED) is 0.479. The Balaban J connectivity index is 1.71. The fourth-order valence-corrected chi connectivity index (χ4v) is 2.63. The first-order valence-electron chi connectivity index (χ1n) is 6.93. The highest BCUT2D eigenvalue weighted by Gasteiger charge is 2.06. The molecule has 5 nitrogen and oxygen atoms in total. The number of carbonyl (C=O) groups excluding carboxylic acids is 1. The molecule has 120 valence electrons. The Bertz CT molecular complexity index is 692. The number of thioether (sulfide) groups is 1. The van der Waals surface area contributed by atoms with Crippen LogP contribution in [0.2, 0.25) is 0 Å². The monoisotopic (exact) mass is 334 g/mol. The average Bonchev–Trinajstić information content (AvgIpc) is 2.53. The zero-order chi connectivity index (χ0) is 16.7. The predicted molar refractivity (Wildman–Crippen MR) is 86.9 cm³/mol. The van der Waals surface area contributed by atoms with Crippen molar-refractivity contribution in [2.45, 2.75) is 11.3 Å². The van der Waals surface area contributed by atoms with Crippen molar-refractivity contribution in [3.05, 3.63) is 70.0 Å². The zero-order valence-corrected chi connectivity index (χ0v) is 13.0. The lowest BCUT2D eigenvalue weighted by atomic mass is 10.1. The van der Waals surface area contributed by atoms with E-state index in [0.717, 1.165) is 10.5 Å². The topological polar surface area (TPSA) is 72.2 Å². The van der Waals surface area contributed by atoms with Crippen molar-refractivity contribution >= 4 is 23.4 Å². The Morgan fingerprint density at radius 2 is 1.96 bits per heavy atom. The molecule has 2 rings (SSSR count). The summed E-state index contributed by atoms with van der Waals surface area (Å²) in [6, 6.07) is 12.3. The van der Waals surface area contributed by atoms with Crippen molar-refractivity contribution in [1.82, 2.24) is 5.32 Å². The number of hydrogen-bond donors (Lipinski definition) is 1. The Morgan fingerprint density at radius 1 is 1.22 bits per heavy atom. The van der Waals surface area contributed by atoms with Gasteiger partial charge in [0.05, 0.1) is 10.7 Å². The van der Waals surface area contributed by atoms with Crippen LogP contribution >= 0.6 is 11.8 Å². The summed E-state index contributed by atoms with van der Waals surface area (Å²) in [5.74, 6) is -0.201. The molecule has 0 radical (unpaired) electrons. The highest BCUT2D eigenvalue weighted by molar-refractivity contribution is 8.00. The minimum atomic E-state index is -0.465. The second-order valence-electron chi connectivity index (χ2n) is 4.77. The molecule has 0 fully saturated rings. The molecule has 0 spiro atoms. The number of nitrogens with one attached hydrogen (secondary N) is 1. The maximum absolute atomic E-state index is 13.0. The number of hydrogen-bond acceptors (Lipinski definition) is 4. The van der Waals surface area contributed by atoms with Crippen LogP contribution in [-0.2, 0) is 11.2 Å². The van der Waals surface area contributed by atoms with Crippen molar-refractivity contribution in [2.24, 2.45) is 0 Å². The van der Waals surface area contributed by atoms with E-state index in [1.807, 2.05) is 0 Å². The van der Waals surface area contributed by atoms with E-state index in [1.165, 1.54) is 36.0 Å². The van der Waals surface area contributed by atoms with Gasteiger partial charge >= 0.3 is 0 Å². The fourth-order valence-electron chi connectivity index (χ4n) is 1.90. The van der Waals surface area contributed by atoms with Crippen molar-refractivity contribution in [2.75, 3.05) is 12.3 Å². The first-order valence-corrected chi connectivity index (χ1v) is 7.91. The molecule has 0 aliphatic heterocycles. The van der Waals surface area contributed by atoms with Crippen LogP contribution < -0.4 is 5.32 Å². The van der Waals surface area contributed by atoms with Gasteiger partial charge in [0.2, 0.25) is 5.91 Å². The van der Waals surface area contributed by atoms with Gasteiger partial charge in [-0.3, -0.25) is 14.9 Å². The summed E-state index contributed by atoms with van der Waals surface area (Å²) in [7, 11) is 0. The average molecular weight is 334 g/mol. The molecule has 1 N–H and O–H groups in total. The lowest BCUT2D eigenvalue weighted by Crippen LogP contribution is -2.27. The number of non-ortho nitro benzene ring substituents is 1. The van der Waals surface area contributed by atoms with Gasteiger partial charge < -0.3 is 5.32 Å². The van der Waals surface area contributed by atoms with Gasteiger partial charge in [0.15, 0.2) is 0 Å². The second kappa shape index (κ2) is 8.28. The molecule has 0 saturated carbocycles. The van der Waals surface area contributed by atoms with E-state index in [0.29, 0.717) is 13.0 Å². The van der Waals surface area contributed by atoms with Crippen LogP contribution in [0.25, 0.3) is 0 Å². The highest BCUT2D eigenvalue weighted by Crippen LogP contribution is 2.20. The number of halogens is 1. The van der Waals surface area contributed by atoms with Crippen LogP contribution in [0, 0.1) is 15.9 Å². The third kappa shape index (κ3) is 5.71. The molecule has 2 aromatic rings. The van der Waals surface area contributed by atoms with E-state index in [2.05, 4.69) is 5.32 Å². The minimum absolute atomic E-state index is 0.0221. The van der Waals surface area contributed by atoms with Gasteiger partial charge in [-0.15, -0.1) is 11.8 Å². The Morgan fingerprint density at radius 3 is 2.61 bits per heavy atom. The summed E-state index contributed by atoms with van der Waals surface area (Å²) >= 11 is 1.30. The number of rotatable bonds is 7. The lowest BCUT2D eigenvalue weighted by molar-refractivity contribution is -0.384. The van der Waals surface area contributed by atoms with E-state index in [1.54, 1.807) is 24.3 Å². The predicted octanol–water partition coefficient (Wildman–Crippen LogP) is 3.18. The third-order valence-corrected chi connectivity index (χ3v) is 4.05. The molecule has 0 heterocycles. The highest BCUT2D eigenvalue weighted by atomic mass is 32.2. The molecule has 0 unspecified atom stereocenters. The SMILES string of the molecule is O=C(CSc1ccc([N+](=O)[O-])cc1)NCCc1cccc(F)c1. The smallest absolute Gasteiger partial charge is 0.269 e. The van der Waals surface area contributed by atoms with Crippen LogP contribution in [0.15, 0.2) is 53.4 Å². The molecule has 0 aromatic heterocycles. The largest absolute Gasteiger partial charge is 0.355 e. The van der Waals surface area contributed by atoms with Crippen LogP contribution in [-0.4, -0.2) is 23.1 Å². The summed E-state index contributed by atoms with van der Waals surface area (Å²) in [5.41, 5.74) is 0.849. The van der Waals surface area contributed by atoms with Gasteiger partial charge in [0.25, 0.3) is 5.69 Å². The van der Waals surface area contributed by atoms with Crippen LogP contribution in [0.1, 0.15) is 5.56 Å². The maximum Gasteiger partial charge on any atom is 0.269 e. The Labute approximate surface area is 137 Å². The second-order valence-corrected chi connectivity index (χ2v) is 5.82. The fraction of sp³-hybridized carbons (Fsp3) is 0.188. The number of nitro benzene ring substituents is 1. The van der Waals surface area contributed by atoms with E-state index in [9.17, 15) is 19.3 Å². The summed E-state index contributed by atoms with van der Waals surface area (Å²) in [4.78, 5) is 22.6. The summed E-state index contributed by atoms with van der Waals surface area (Å²) < 4.78 is 13.0. The van der Waals surface area contributed by atoms with E-state index in [4.69, 9.17) is 0 Å². The van der Waals surface area contributed by atoms with Crippen molar-refractivity contribution in [3.8, 4) is 0 Å². The van der Waals surface area contributed by atoms with Crippen molar-refractivity contribution in [3.63, 3.8) is 0 Å². The van der Waals surface area contributed by atoms with Gasteiger partial charge in [0, 0.05) is 23.6 Å². The van der Waals surface area contributed by atoms with Crippen LogP contribution in [0.4, 0.5) is 10.1 Å². The Kier molecular flexibility index (Phi) is 6.10. The molecule has 0 aliphatic carbocycles. The van der Waals surface area contributed by atoms with Crippen molar-refractivity contribution in [1.29, 1.82) is 0 Å². The molecule has 1 amide bonds. The maximum atomic E-state index is 13.0. The standard InChI is InChI=1S/C16H15FN2O3S/c17-13-3-1-2-12(10-13)8-9-18-16(20)11-23-15-6-4-14(5-7-15)19(21)22/h1-7,10H,8-9,11H2,(H,18,20). The summed E-state index contributed by atoms with van der Waals surface area (Å²) in [5, 5.41) is 13.3. The third-order valence-electron chi connectivity index (χ3n) is 3.04. The molecule has 2 aromatic carbocycles. The molecular weight excluding hydrogens is 319 g/mol. The first-order chi connectivity index (χ1) is 11.0. The van der Waals surface area contributed by atoms with Gasteiger partial charge in [-0.1, -0.05) is 12.1 Å². The molecule has 0 aliphatic rings. The zero-order valence-electron chi connectivity index (χ0n) is 12.2. The van der Waals surface area contributed by atoms with Gasteiger partial charge in [0.1, 0.15) is 5.82 Å². The molecule has 23 heavy (non-hydrogen) atoms. The van der Waals surface area contributed by atoms with E-state index in [-0.39, 0.29) is 23.2 Å². The molecule has 7 heteroatoms. The molecular formula is C16H15FN2O3S. The molecule has 0 atom stereocenters.